The van der Waals surface area contributed by atoms with Crippen molar-refractivity contribution in [2.75, 3.05) is 19.0 Å². The summed E-state index contributed by atoms with van der Waals surface area (Å²) in [5, 5.41) is 3.16. The standard InChI is InChI=1S/C14H15FN2O3S/c1-19-10-6-8(15)7-11-12(10)16-14(21-11)17-13(18)9-4-2-3-5-20-9/h6-7,9H,2-5H2,1H3,(H,16,17,18)/t9-/m0/s1. The summed E-state index contributed by atoms with van der Waals surface area (Å²) in [6.07, 6.45) is 2.26. The number of halogens is 1. The van der Waals surface area contributed by atoms with Crippen molar-refractivity contribution >= 4 is 32.6 Å². The first kappa shape index (κ1) is 14.2. The predicted molar refractivity (Wildman–Crippen MR) is 78.4 cm³/mol. The van der Waals surface area contributed by atoms with E-state index in [0.717, 1.165) is 12.8 Å². The van der Waals surface area contributed by atoms with Gasteiger partial charge >= 0.3 is 0 Å². The largest absolute Gasteiger partial charge is 0.494 e. The zero-order chi connectivity index (χ0) is 14.8. The Bertz CT molecular complexity index is 668. The molecule has 0 unspecified atom stereocenters. The van der Waals surface area contributed by atoms with Crippen molar-refractivity contribution in [2.24, 2.45) is 0 Å². The number of hydrogen-bond donors (Lipinski definition) is 1. The lowest BCUT2D eigenvalue weighted by atomic mass is 10.1. The molecule has 2 aromatic rings. The number of ether oxygens (including phenoxy) is 2. The van der Waals surface area contributed by atoms with E-state index in [-0.39, 0.29) is 5.91 Å². The second-order valence-electron chi connectivity index (χ2n) is 4.82. The van der Waals surface area contributed by atoms with Crippen LogP contribution in [0, 0.1) is 5.82 Å². The molecule has 0 aliphatic carbocycles. The van der Waals surface area contributed by atoms with E-state index in [9.17, 15) is 9.18 Å². The molecule has 1 aromatic carbocycles. The molecule has 3 rings (SSSR count). The van der Waals surface area contributed by atoms with Gasteiger partial charge in [-0.25, -0.2) is 9.37 Å². The van der Waals surface area contributed by atoms with Crippen LogP contribution in [0.3, 0.4) is 0 Å². The minimum Gasteiger partial charge on any atom is -0.494 e. The van der Waals surface area contributed by atoms with Gasteiger partial charge in [0.05, 0.1) is 11.8 Å². The summed E-state index contributed by atoms with van der Waals surface area (Å²) in [7, 11) is 1.46. The van der Waals surface area contributed by atoms with Crippen LogP contribution >= 0.6 is 11.3 Å². The van der Waals surface area contributed by atoms with E-state index < -0.39 is 11.9 Å². The molecule has 7 heteroatoms. The summed E-state index contributed by atoms with van der Waals surface area (Å²) >= 11 is 1.21. The number of benzene rings is 1. The van der Waals surface area contributed by atoms with Crippen molar-refractivity contribution in [3.63, 3.8) is 0 Å². The summed E-state index contributed by atoms with van der Waals surface area (Å²) in [6.45, 7) is 0.608. The summed E-state index contributed by atoms with van der Waals surface area (Å²) in [5.74, 6) is -0.236. The number of carbonyl (C=O) groups excluding carboxylic acids is 1. The van der Waals surface area contributed by atoms with Gasteiger partial charge in [0.2, 0.25) is 0 Å². The van der Waals surface area contributed by atoms with E-state index in [1.165, 1.54) is 30.6 Å². The number of amides is 1. The van der Waals surface area contributed by atoms with Crippen molar-refractivity contribution in [1.29, 1.82) is 0 Å². The van der Waals surface area contributed by atoms with Crippen LogP contribution in [0.5, 0.6) is 5.75 Å². The number of fused-ring (bicyclic) bond motifs is 1. The number of nitrogens with one attached hydrogen (secondary N) is 1. The minimum atomic E-state index is -0.426. The van der Waals surface area contributed by atoms with Crippen molar-refractivity contribution in [2.45, 2.75) is 25.4 Å². The third kappa shape index (κ3) is 2.98. The van der Waals surface area contributed by atoms with E-state index in [4.69, 9.17) is 9.47 Å². The fraction of sp³-hybridized carbons (Fsp3) is 0.429. The number of rotatable bonds is 3. The molecule has 1 aliphatic heterocycles. The van der Waals surface area contributed by atoms with Crippen LogP contribution in [0.25, 0.3) is 10.2 Å². The highest BCUT2D eigenvalue weighted by Crippen LogP contribution is 2.33. The lowest BCUT2D eigenvalue weighted by Crippen LogP contribution is -2.33. The molecule has 1 aliphatic rings. The molecule has 1 amide bonds. The van der Waals surface area contributed by atoms with Gasteiger partial charge in [-0.2, -0.15) is 0 Å². The lowest BCUT2D eigenvalue weighted by molar-refractivity contribution is -0.129. The molecule has 112 valence electrons. The number of carbonyl (C=O) groups is 1. The zero-order valence-electron chi connectivity index (χ0n) is 11.5. The molecule has 1 aromatic heterocycles. The van der Waals surface area contributed by atoms with E-state index in [1.807, 2.05) is 0 Å². The van der Waals surface area contributed by atoms with Crippen LogP contribution in [-0.4, -0.2) is 30.7 Å². The van der Waals surface area contributed by atoms with Gasteiger partial charge in [-0.05, 0) is 25.3 Å². The monoisotopic (exact) mass is 310 g/mol. The van der Waals surface area contributed by atoms with Crippen LogP contribution in [-0.2, 0) is 9.53 Å². The molecular formula is C14H15FN2O3S. The summed E-state index contributed by atoms with van der Waals surface area (Å²) in [6, 6.07) is 2.65. The molecule has 0 saturated carbocycles. The Morgan fingerprint density at radius 1 is 1.52 bits per heavy atom. The van der Waals surface area contributed by atoms with Gasteiger partial charge in [0.15, 0.2) is 5.13 Å². The Morgan fingerprint density at radius 3 is 3.10 bits per heavy atom. The van der Waals surface area contributed by atoms with Gasteiger partial charge in [-0.15, -0.1) is 0 Å². The molecule has 1 fully saturated rings. The molecule has 0 spiro atoms. The topological polar surface area (TPSA) is 60.5 Å². The summed E-state index contributed by atoms with van der Waals surface area (Å²) in [5.41, 5.74) is 0.545. The molecule has 0 bridgehead atoms. The van der Waals surface area contributed by atoms with E-state index in [1.54, 1.807) is 0 Å². The zero-order valence-corrected chi connectivity index (χ0v) is 12.3. The molecule has 0 radical (unpaired) electrons. The van der Waals surface area contributed by atoms with Crippen molar-refractivity contribution in [3.05, 3.63) is 17.9 Å². The maximum Gasteiger partial charge on any atom is 0.255 e. The first-order chi connectivity index (χ1) is 10.2. The molecule has 5 nitrogen and oxygen atoms in total. The van der Waals surface area contributed by atoms with Crippen molar-refractivity contribution in [1.82, 2.24) is 4.98 Å². The first-order valence-electron chi connectivity index (χ1n) is 6.74. The average molecular weight is 310 g/mol. The molecular weight excluding hydrogens is 295 g/mol. The smallest absolute Gasteiger partial charge is 0.255 e. The molecule has 1 atom stereocenters. The van der Waals surface area contributed by atoms with Gasteiger partial charge in [0.25, 0.3) is 5.91 Å². The quantitative estimate of drug-likeness (QED) is 0.947. The Kier molecular flexibility index (Phi) is 4.03. The highest BCUT2D eigenvalue weighted by molar-refractivity contribution is 7.22. The number of anilines is 1. The van der Waals surface area contributed by atoms with Gasteiger partial charge in [0, 0.05) is 12.7 Å². The Hall–Kier alpha value is -1.73. The number of methoxy groups -OCH3 is 1. The van der Waals surface area contributed by atoms with Crippen LogP contribution < -0.4 is 10.1 Å². The molecule has 21 heavy (non-hydrogen) atoms. The third-order valence-electron chi connectivity index (χ3n) is 3.35. The van der Waals surface area contributed by atoms with Crippen LogP contribution in [0.2, 0.25) is 0 Å². The normalized spacial score (nSPS) is 18.7. The summed E-state index contributed by atoms with van der Waals surface area (Å²) in [4.78, 5) is 16.4. The highest BCUT2D eigenvalue weighted by atomic mass is 32.1. The number of aromatic nitrogens is 1. The fourth-order valence-electron chi connectivity index (χ4n) is 2.31. The van der Waals surface area contributed by atoms with Gasteiger partial charge < -0.3 is 9.47 Å². The summed E-state index contributed by atoms with van der Waals surface area (Å²) < 4.78 is 24.6. The van der Waals surface area contributed by atoms with Gasteiger partial charge in [-0.3, -0.25) is 10.1 Å². The Labute approximate surface area is 125 Å². The highest BCUT2D eigenvalue weighted by Gasteiger charge is 2.23. The molecule has 1 N–H and O–H groups in total. The van der Waals surface area contributed by atoms with Gasteiger partial charge in [0.1, 0.15) is 23.2 Å². The average Bonchev–Trinajstić information content (AvgIpc) is 2.89. The maximum absolute atomic E-state index is 13.4. The minimum absolute atomic E-state index is 0.201. The second-order valence-corrected chi connectivity index (χ2v) is 5.85. The van der Waals surface area contributed by atoms with Crippen LogP contribution in [0.1, 0.15) is 19.3 Å². The van der Waals surface area contributed by atoms with E-state index in [0.29, 0.717) is 34.1 Å². The Balaban J connectivity index is 1.82. The van der Waals surface area contributed by atoms with Gasteiger partial charge in [-0.1, -0.05) is 11.3 Å². The lowest BCUT2D eigenvalue weighted by Gasteiger charge is -2.20. The number of thiazole rings is 1. The van der Waals surface area contributed by atoms with Crippen LogP contribution in [0.4, 0.5) is 9.52 Å². The molecule has 1 saturated heterocycles. The maximum atomic E-state index is 13.4. The third-order valence-corrected chi connectivity index (χ3v) is 4.26. The number of hydrogen-bond acceptors (Lipinski definition) is 5. The second kappa shape index (κ2) is 5.95. The van der Waals surface area contributed by atoms with Crippen LogP contribution in [0.15, 0.2) is 12.1 Å². The van der Waals surface area contributed by atoms with Crippen molar-refractivity contribution in [3.8, 4) is 5.75 Å². The van der Waals surface area contributed by atoms with E-state index in [2.05, 4.69) is 10.3 Å². The van der Waals surface area contributed by atoms with E-state index >= 15 is 0 Å². The first-order valence-corrected chi connectivity index (χ1v) is 7.55. The predicted octanol–water partition coefficient (Wildman–Crippen LogP) is 2.95. The van der Waals surface area contributed by atoms with Crippen molar-refractivity contribution < 1.29 is 18.7 Å². The number of nitrogens with zero attached hydrogens (tertiary/aromatic N) is 1. The molecule has 2 heterocycles. The SMILES string of the molecule is COc1cc(F)cc2sc(NC(=O)[C@@H]3CCCCO3)nc12. The fourth-order valence-corrected chi connectivity index (χ4v) is 3.22. The Morgan fingerprint density at radius 2 is 2.38 bits per heavy atom.